The maximum absolute atomic E-state index is 13.8. The highest BCUT2D eigenvalue weighted by atomic mass is 32.2. The molecule has 0 spiro atoms. The molecule has 0 aliphatic carbocycles. The fraction of sp³-hybridized carbons (Fsp3) is 0.250. The number of hydrogen-bond acceptors (Lipinski definition) is 3. The molecule has 3 nitrogen and oxygen atoms in total. The van der Waals surface area contributed by atoms with E-state index >= 15 is 0 Å². The zero-order valence-electron chi connectivity index (χ0n) is 13.1. The molecule has 2 rings (SSSR count). The highest BCUT2D eigenvalue weighted by Crippen LogP contribution is 2.56. The Bertz CT molecular complexity index is 868. The van der Waals surface area contributed by atoms with Crippen molar-refractivity contribution >= 4 is 9.84 Å². The Morgan fingerprint density at radius 1 is 0.731 bits per heavy atom. The van der Waals surface area contributed by atoms with Gasteiger partial charge in [-0.2, -0.15) is 26.3 Å². The highest BCUT2D eigenvalue weighted by Gasteiger charge is 2.72. The summed E-state index contributed by atoms with van der Waals surface area (Å²) in [5.74, 6) is -0.501. The first kappa shape index (κ1) is 20.1. The van der Waals surface area contributed by atoms with Gasteiger partial charge in [0.1, 0.15) is 5.75 Å². The van der Waals surface area contributed by atoms with Gasteiger partial charge in [-0.1, -0.05) is 24.3 Å². The molecule has 0 aromatic heterocycles. The fourth-order valence-corrected chi connectivity index (χ4v) is 3.28. The molecule has 0 fully saturated rings. The van der Waals surface area contributed by atoms with Crippen molar-refractivity contribution in [2.45, 2.75) is 22.7 Å². The summed E-state index contributed by atoms with van der Waals surface area (Å²) in [5, 5.41) is 9.20. The van der Waals surface area contributed by atoms with E-state index in [0.717, 1.165) is 6.26 Å². The average Bonchev–Trinajstić information content (AvgIpc) is 2.46. The fourth-order valence-electron chi connectivity index (χ4n) is 2.65. The zero-order valence-corrected chi connectivity index (χ0v) is 13.9. The van der Waals surface area contributed by atoms with Gasteiger partial charge in [0.25, 0.3) is 0 Å². The molecule has 0 bridgehead atoms. The molecule has 1 N–H and O–H groups in total. The second-order valence-electron chi connectivity index (χ2n) is 5.59. The first-order valence-corrected chi connectivity index (χ1v) is 8.84. The first-order chi connectivity index (χ1) is 11.7. The van der Waals surface area contributed by atoms with Crippen molar-refractivity contribution in [3.8, 4) is 5.75 Å². The number of sulfone groups is 1. The van der Waals surface area contributed by atoms with E-state index in [9.17, 15) is 39.9 Å². The summed E-state index contributed by atoms with van der Waals surface area (Å²) < 4.78 is 106. The van der Waals surface area contributed by atoms with Crippen LogP contribution in [0.2, 0.25) is 0 Å². The number of hydrogen-bond donors (Lipinski definition) is 1. The van der Waals surface area contributed by atoms with Crippen LogP contribution in [0.15, 0.2) is 53.4 Å². The molecule has 0 amide bonds. The molecule has 26 heavy (non-hydrogen) atoms. The minimum absolute atomic E-state index is 0.412. The maximum atomic E-state index is 13.8. The van der Waals surface area contributed by atoms with Gasteiger partial charge < -0.3 is 5.11 Å². The Kier molecular flexibility index (Phi) is 4.78. The van der Waals surface area contributed by atoms with Gasteiger partial charge in [0.2, 0.25) is 5.41 Å². The highest BCUT2D eigenvalue weighted by molar-refractivity contribution is 7.90. The van der Waals surface area contributed by atoms with Crippen molar-refractivity contribution in [1.82, 2.24) is 0 Å². The van der Waals surface area contributed by atoms with Crippen LogP contribution in [0.5, 0.6) is 5.75 Å². The van der Waals surface area contributed by atoms with Crippen LogP contribution in [0.1, 0.15) is 11.1 Å². The molecule has 2 aromatic rings. The molecular formula is C16H12F6O3S. The third kappa shape index (κ3) is 3.25. The summed E-state index contributed by atoms with van der Waals surface area (Å²) in [6.07, 6.45) is -10.8. The zero-order chi connectivity index (χ0) is 20.0. The normalized spacial score (nSPS) is 13.7. The Labute approximate surface area is 144 Å². The van der Waals surface area contributed by atoms with Crippen LogP contribution in [0.25, 0.3) is 0 Å². The van der Waals surface area contributed by atoms with Gasteiger partial charge in [-0.3, -0.25) is 0 Å². The lowest BCUT2D eigenvalue weighted by Gasteiger charge is -2.38. The third-order valence-corrected chi connectivity index (χ3v) is 4.99. The number of rotatable bonds is 3. The van der Waals surface area contributed by atoms with Crippen LogP contribution in [-0.4, -0.2) is 32.1 Å². The molecule has 142 valence electrons. The quantitative estimate of drug-likeness (QED) is 0.789. The van der Waals surface area contributed by atoms with E-state index in [1.54, 1.807) is 0 Å². The lowest BCUT2D eigenvalue weighted by molar-refractivity contribution is -0.288. The predicted molar refractivity (Wildman–Crippen MR) is 80.5 cm³/mol. The van der Waals surface area contributed by atoms with Gasteiger partial charge in [0.05, 0.1) is 4.90 Å². The average molecular weight is 398 g/mol. The molecular weight excluding hydrogens is 386 g/mol. The molecule has 0 radical (unpaired) electrons. The Morgan fingerprint density at radius 2 is 1.08 bits per heavy atom. The van der Waals surface area contributed by atoms with E-state index in [2.05, 4.69) is 0 Å². The second-order valence-corrected chi connectivity index (χ2v) is 7.60. The Balaban J connectivity index is 2.86. The number of halogens is 6. The van der Waals surface area contributed by atoms with E-state index in [1.165, 1.54) is 0 Å². The molecule has 10 heteroatoms. The molecule has 0 saturated heterocycles. The van der Waals surface area contributed by atoms with Crippen LogP contribution in [0.4, 0.5) is 26.3 Å². The molecule has 0 aliphatic heterocycles. The van der Waals surface area contributed by atoms with Crippen molar-refractivity contribution in [2.75, 3.05) is 6.26 Å². The summed E-state index contributed by atoms with van der Waals surface area (Å²) in [5.41, 5.74) is -6.72. The minimum atomic E-state index is -5.78. The van der Waals surface area contributed by atoms with Crippen molar-refractivity contribution in [1.29, 1.82) is 0 Å². The van der Waals surface area contributed by atoms with Gasteiger partial charge in [-0.05, 0) is 35.4 Å². The van der Waals surface area contributed by atoms with E-state index in [-0.39, 0.29) is 0 Å². The molecule has 0 saturated carbocycles. The smallest absolute Gasteiger partial charge is 0.411 e. The molecule has 0 unspecified atom stereocenters. The van der Waals surface area contributed by atoms with Gasteiger partial charge in [0.15, 0.2) is 9.84 Å². The topological polar surface area (TPSA) is 54.4 Å². The van der Waals surface area contributed by atoms with Crippen LogP contribution >= 0.6 is 0 Å². The van der Waals surface area contributed by atoms with Crippen LogP contribution in [-0.2, 0) is 15.3 Å². The van der Waals surface area contributed by atoms with E-state index in [1.807, 2.05) is 0 Å². The largest absolute Gasteiger partial charge is 0.508 e. The number of alkyl halides is 6. The van der Waals surface area contributed by atoms with Crippen LogP contribution < -0.4 is 0 Å². The number of phenolic OH excluding ortho intramolecular Hbond substituents is 1. The lowest BCUT2D eigenvalue weighted by atomic mass is 9.73. The lowest BCUT2D eigenvalue weighted by Crippen LogP contribution is -2.54. The summed E-state index contributed by atoms with van der Waals surface area (Å²) in [7, 11) is -3.80. The van der Waals surface area contributed by atoms with Crippen LogP contribution in [0, 0.1) is 0 Å². The Morgan fingerprint density at radius 3 is 1.38 bits per heavy atom. The van der Waals surface area contributed by atoms with Crippen molar-refractivity contribution in [2.24, 2.45) is 0 Å². The summed E-state index contributed by atoms with van der Waals surface area (Å²) in [4.78, 5) is -0.412. The van der Waals surface area contributed by atoms with E-state index in [4.69, 9.17) is 0 Å². The SMILES string of the molecule is CS(=O)(=O)c1ccc(C(c2ccc(O)cc2)(C(F)(F)F)C(F)(F)F)cc1. The number of phenols is 1. The predicted octanol–water partition coefficient (Wildman–Crippen LogP) is 4.21. The van der Waals surface area contributed by atoms with Crippen molar-refractivity contribution in [3.63, 3.8) is 0 Å². The van der Waals surface area contributed by atoms with Crippen molar-refractivity contribution in [3.05, 3.63) is 59.7 Å². The first-order valence-electron chi connectivity index (χ1n) is 6.95. The van der Waals surface area contributed by atoms with Gasteiger partial charge in [-0.25, -0.2) is 8.42 Å². The van der Waals surface area contributed by atoms with Gasteiger partial charge in [0, 0.05) is 6.26 Å². The third-order valence-electron chi connectivity index (χ3n) is 3.87. The molecule has 0 atom stereocenters. The minimum Gasteiger partial charge on any atom is -0.508 e. The number of benzene rings is 2. The summed E-state index contributed by atoms with van der Waals surface area (Å²) >= 11 is 0. The van der Waals surface area contributed by atoms with E-state index < -0.39 is 49.4 Å². The number of aromatic hydroxyl groups is 1. The summed E-state index contributed by atoms with van der Waals surface area (Å²) in [6, 6.07) is 4.85. The standard InChI is InChI=1S/C16H12F6O3S/c1-26(24,25)13-8-4-11(5-9-13)14(15(17,18)19,16(20,21)22)10-2-6-12(23)7-3-10/h2-9,23H,1H3. The molecule has 0 heterocycles. The second kappa shape index (κ2) is 6.19. The summed E-state index contributed by atoms with van der Waals surface area (Å²) in [6.45, 7) is 0. The monoisotopic (exact) mass is 398 g/mol. The molecule has 0 aliphatic rings. The van der Waals surface area contributed by atoms with Crippen LogP contribution in [0.3, 0.4) is 0 Å². The molecule has 2 aromatic carbocycles. The van der Waals surface area contributed by atoms with Gasteiger partial charge >= 0.3 is 12.4 Å². The van der Waals surface area contributed by atoms with Gasteiger partial charge in [-0.15, -0.1) is 0 Å². The van der Waals surface area contributed by atoms with Crippen molar-refractivity contribution < 1.29 is 39.9 Å². The Hall–Kier alpha value is -2.23. The van der Waals surface area contributed by atoms with E-state index in [0.29, 0.717) is 48.5 Å². The maximum Gasteiger partial charge on any atom is 0.411 e.